The summed E-state index contributed by atoms with van der Waals surface area (Å²) >= 11 is 1.64. The summed E-state index contributed by atoms with van der Waals surface area (Å²) in [6.45, 7) is 2.62. The first-order valence-corrected chi connectivity index (χ1v) is 6.95. The number of rotatable bonds is 5. The second-order valence-electron chi connectivity index (χ2n) is 4.45. The van der Waals surface area contributed by atoms with Gasteiger partial charge in [0.2, 0.25) is 0 Å². The van der Waals surface area contributed by atoms with Crippen molar-refractivity contribution in [3.63, 3.8) is 0 Å². The van der Waals surface area contributed by atoms with E-state index in [-0.39, 0.29) is 0 Å². The number of carboxylic acid groups (broad SMARTS) is 1. The van der Waals surface area contributed by atoms with Crippen LogP contribution in [0.5, 0.6) is 0 Å². The lowest BCUT2D eigenvalue weighted by Crippen LogP contribution is -2.50. The highest BCUT2D eigenvalue weighted by Crippen LogP contribution is 2.39. The molecule has 0 aliphatic heterocycles. The van der Waals surface area contributed by atoms with Gasteiger partial charge in [0.25, 0.3) is 0 Å². The Hall–Kier alpha value is -1.14. The van der Waals surface area contributed by atoms with Crippen molar-refractivity contribution < 1.29 is 9.90 Å². The van der Waals surface area contributed by atoms with Gasteiger partial charge in [-0.05, 0) is 31.9 Å². The zero-order valence-electron chi connectivity index (χ0n) is 10.3. The lowest BCUT2D eigenvalue weighted by molar-refractivity contribution is -0.144. The fourth-order valence-electron chi connectivity index (χ4n) is 2.39. The summed E-state index contributed by atoms with van der Waals surface area (Å²) in [5, 5.41) is 13.7. The number of thioether (sulfide) groups is 1. The molecule has 1 heterocycles. The van der Waals surface area contributed by atoms with E-state index in [1.54, 1.807) is 18.0 Å². The van der Waals surface area contributed by atoms with E-state index in [2.05, 4.69) is 15.3 Å². The Balaban J connectivity index is 2.01. The minimum absolute atomic E-state index is 0.301. The average Bonchev–Trinajstić information content (AvgIpc) is 2.76. The van der Waals surface area contributed by atoms with Crippen LogP contribution in [-0.4, -0.2) is 38.4 Å². The van der Waals surface area contributed by atoms with Gasteiger partial charge in [0, 0.05) is 11.4 Å². The number of carbonyl (C=O) groups is 1. The van der Waals surface area contributed by atoms with Crippen molar-refractivity contribution in [3.05, 3.63) is 18.6 Å². The van der Waals surface area contributed by atoms with Gasteiger partial charge in [0.1, 0.15) is 11.9 Å². The van der Waals surface area contributed by atoms with Gasteiger partial charge in [-0.25, -0.2) is 9.97 Å². The summed E-state index contributed by atoms with van der Waals surface area (Å²) in [6.07, 6.45) is 5.45. The van der Waals surface area contributed by atoms with Crippen molar-refractivity contribution in [2.75, 3.05) is 6.54 Å². The van der Waals surface area contributed by atoms with E-state index in [0.29, 0.717) is 24.6 Å². The summed E-state index contributed by atoms with van der Waals surface area (Å²) in [7, 11) is 0. The van der Waals surface area contributed by atoms with Gasteiger partial charge in [-0.15, -0.1) is 11.8 Å². The largest absolute Gasteiger partial charge is 0.480 e. The summed E-state index contributed by atoms with van der Waals surface area (Å²) < 4.78 is 0. The maximum absolute atomic E-state index is 11.4. The molecule has 0 saturated heterocycles. The maximum atomic E-state index is 11.4. The van der Waals surface area contributed by atoms with Gasteiger partial charge in [-0.1, -0.05) is 6.92 Å². The third-order valence-corrected chi connectivity index (χ3v) is 4.45. The molecule has 1 aliphatic carbocycles. The van der Waals surface area contributed by atoms with Crippen molar-refractivity contribution >= 4 is 17.7 Å². The fraction of sp³-hybridized carbons (Fsp3) is 0.583. The standard InChI is InChI=1S/C12H17N3O2S/c1-2-15-12(11(16)17)5-3-9(7-12)18-10-4-6-13-8-14-10/h4,6,8-9,15H,2-3,5,7H2,1H3,(H,16,17). The zero-order chi connectivity index (χ0) is 13.0. The topological polar surface area (TPSA) is 75.1 Å². The molecule has 0 bridgehead atoms. The van der Waals surface area contributed by atoms with Crippen molar-refractivity contribution in [1.82, 2.24) is 15.3 Å². The van der Waals surface area contributed by atoms with Crippen LogP contribution in [0.3, 0.4) is 0 Å². The number of carboxylic acids is 1. The molecule has 18 heavy (non-hydrogen) atoms. The highest BCUT2D eigenvalue weighted by Gasteiger charge is 2.45. The molecule has 2 rings (SSSR count). The predicted molar refractivity (Wildman–Crippen MR) is 69.6 cm³/mol. The first kappa shape index (κ1) is 13.3. The van der Waals surface area contributed by atoms with Crippen molar-refractivity contribution in [2.45, 2.75) is 42.0 Å². The molecule has 1 fully saturated rings. The van der Waals surface area contributed by atoms with Gasteiger partial charge in [-0.2, -0.15) is 0 Å². The van der Waals surface area contributed by atoms with Gasteiger partial charge in [0.15, 0.2) is 0 Å². The van der Waals surface area contributed by atoms with Crippen molar-refractivity contribution in [2.24, 2.45) is 0 Å². The van der Waals surface area contributed by atoms with E-state index < -0.39 is 11.5 Å². The molecular weight excluding hydrogens is 250 g/mol. The normalized spacial score (nSPS) is 27.3. The molecule has 0 amide bonds. The molecule has 6 heteroatoms. The minimum atomic E-state index is -0.751. The van der Waals surface area contributed by atoms with E-state index in [4.69, 9.17) is 0 Å². The molecule has 98 valence electrons. The Bertz CT molecular complexity index is 415. The molecule has 2 unspecified atom stereocenters. The van der Waals surface area contributed by atoms with E-state index in [9.17, 15) is 9.90 Å². The van der Waals surface area contributed by atoms with Crippen LogP contribution < -0.4 is 5.32 Å². The lowest BCUT2D eigenvalue weighted by Gasteiger charge is -2.25. The predicted octanol–water partition coefficient (Wildman–Crippen LogP) is 1.55. The first-order chi connectivity index (χ1) is 8.66. The van der Waals surface area contributed by atoms with Crippen LogP contribution in [0.15, 0.2) is 23.6 Å². The maximum Gasteiger partial charge on any atom is 0.323 e. The van der Waals surface area contributed by atoms with Gasteiger partial charge < -0.3 is 10.4 Å². The van der Waals surface area contributed by atoms with Crippen LogP contribution in [0.2, 0.25) is 0 Å². The van der Waals surface area contributed by atoms with Gasteiger partial charge in [-0.3, -0.25) is 4.79 Å². The molecule has 1 aromatic heterocycles. The van der Waals surface area contributed by atoms with E-state index in [0.717, 1.165) is 11.4 Å². The van der Waals surface area contributed by atoms with Crippen LogP contribution in [0.25, 0.3) is 0 Å². The van der Waals surface area contributed by atoms with E-state index >= 15 is 0 Å². The lowest BCUT2D eigenvalue weighted by atomic mass is 9.98. The van der Waals surface area contributed by atoms with Crippen LogP contribution >= 0.6 is 11.8 Å². The third kappa shape index (κ3) is 2.81. The monoisotopic (exact) mass is 267 g/mol. The number of likely N-dealkylation sites (N-methyl/N-ethyl adjacent to an activating group) is 1. The number of nitrogens with zero attached hydrogens (tertiary/aromatic N) is 2. The summed E-state index contributed by atoms with van der Waals surface area (Å²) in [4.78, 5) is 19.5. The Kier molecular flexibility index (Phi) is 4.19. The highest BCUT2D eigenvalue weighted by atomic mass is 32.2. The highest BCUT2D eigenvalue weighted by molar-refractivity contribution is 7.99. The van der Waals surface area contributed by atoms with Crippen LogP contribution in [0, 0.1) is 0 Å². The number of nitrogens with one attached hydrogen (secondary N) is 1. The smallest absolute Gasteiger partial charge is 0.323 e. The van der Waals surface area contributed by atoms with Crippen LogP contribution in [0.4, 0.5) is 0 Å². The fourth-order valence-corrected chi connectivity index (χ4v) is 3.58. The van der Waals surface area contributed by atoms with E-state index in [1.165, 1.54) is 6.33 Å². The Morgan fingerprint density at radius 3 is 3.17 bits per heavy atom. The molecule has 2 N–H and O–H groups in total. The average molecular weight is 267 g/mol. The summed E-state index contributed by atoms with van der Waals surface area (Å²) in [6, 6.07) is 1.86. The van der Waals surface area contributed by atoms with Crippen molar-refractivity contribution in [3.8, 4) is 0 Å². The summed E-state index contributed by atoms with van der Waals surface area (Å²) in [5.41, 5.74) is -0.751. The number of aliphatic carboxylic acids is 1. The Morgan fingerprint density at radius 2 is 2.56 bits per heavy atom. The summed E-state index contributed by atoms with van der Waals surface area (Å²) in [5.74, 6) is -0.741. The number of hydrogen-bond acceptors (Lipinski definition) is 5. The second-order valence-corrected chi connectivity index (χ2v) is 5.77. The number of aromatic nitrogens is 2. The minimum Gasteiger partial charge on any atom is -0.480 e. The van der Waals surface area contributed by atoms with Crippen LogP contribution in [0.1, 0.15) is 26.2 Å². The molecule has 0 radical (unpaired) electrons. The van der Waals surface area contributed by atoms with Gasteiger partial charge >= 0.3 is 5.97 Å². The molecule has 2 atom stereocenters. The molecule has 1 saturated carbocycles. The molecule has 1 aromatic rings. The van der Waals surface area contributed by atoms with Gasteiger partial charge in [0.05, 0.1) is 5.03 Å². The SMILES string of the molecule is CCNC1(C(=O)O)CCC(Sc2ccncn2)C1. The Morgan fingerprint density at radius 1 is 1.72 bits per heavy atom. The molecular formula is C12H17N3O2S. The zero-order valence-corrected chi connectivity index (χ0v) is 11.1. The van der Waals surface area contributed by atoms with E-state index in [1.807, 2.05) is 13.0 Å². The van der Waals surface area contributed by atoms with Crippen molar-refractivity contribution in [1.29, 1.82) is 0 Å². The second kappa shape index (κ2) is 5.67. The molecule has 0 aromatic carbocycles. The number of hydrogen-bond donors (Lipinski definition) is 2. The molecule has 5 nitrogen and oxygen atoms in total. The third-order valence-electron chi connectivity index (χ3n) is 3.24. The molecule has 0 spiro atoms. The van der Waals surface area contributed by atoms with Crippen LogP contribution in [-0.2, 0) is 4.79 Å². The molecule has 1 aliphatic rings. The Labute approximate surface area is 110 Å². The first-order valence-electron chi connectivity index (χ1n) is 6.07. The quantitative estimate of drug-likeness (QED) is 0.788.